The predicted molar refractivity (Wildman–Crippen MR) is 76.4 cm³/mol. The molecule has 0 aromatic heterocycles. The fourth-order valence-electron chi connectivity index (χ4n) is 2.45. The summed E-state index contributed by atoms with van der Waals surface area (Å²) >= 11 is 0. The van der Waals surface area contributed by atoms with Gasteiger partial charge in [0.2, 0.25) is 0 Å². The second kappa shape index (κ2) is 6.89. The summed E-state index contributed by atoms with van der Waals surface area (Å²) in [5, 5.41) is 0. The average molecular weight is 264 g/mol. The van der Waals surface area contributed by atoms with Crippen LogP contribution in [0.4, 0.5) is 0 Å². The van der Waals surface area contributed by atoms with E-state index in [1.807, 2.05) is 13.0 Å². The average Bonchev–Trinajstić information content (AvgIpc) is 2.39. The van der Waals surface area contributed by atoms with Crippen LogP contribution < -0.4 is 10.5 Å². The Labute approximate surface area is 115 Å². The van der Waals surface area contributed by atoms with E-state index >= 15 is 0 Å². The van der Waals surface area contributed by atoms with E-state index in [4.69, 9.17) is 15.2 Å². The van der Waals surface area contributed by atoms with Gasteiger partial charge in [-0.05, 0) is 30.5 Å². The highest BCUT2D eigenvalue weighted by atomic mass is 16.5. The zero-order chi connectivity index (χ0) is 13.7. The van der Waals surface area contributed by atoms with Gasteiger partial charge in [0.1, 0.15) is 5.75 Å². The normalized spacial score (nSPS) is 18.3. The van der Waals surface area contributed by atoms with E-state index in [-0.39, 0.29) is 6.04 Å². The first-order valence-electron chi connectivity index (χ1n) is 6.90. The molecule has 0 aliphatic carbocycles. The third-order valence-corrected chi connectivity index (χ3v) is 3.40. The quantitative estimate of drug-likeness (QED) is 0.873. The molecule has 2 N–H and O–H groups in total. The number of morpholine rings is 1. The lowest BCUT2D eigenvalue weighted by molar-refractivity contribution is 0.0342. The number of methoxy groups -OCH3 is 1. The molecule has 106 valence electrons. The Morgan fingerprint density at radius 1 is 1.37 bits per heavy atom. The minimum atomic E-state index is 0.146. The van der Waals surface area contributed by atoms with Gasteiger partial charge < -0.3 is 15.2 Å². The SMILES string of the molecule is COc1ccc(CN2CCOCC2)cc1CC(C)N. The molecule has 0 radical (unpaired) electrons. The van der Waals surface area contributed by atoms with E-state index in [0.717, 1.165) is 45.0 Å². The van der Waals surface area contributed by atoms with E-state index in [0.29, 0.717) is 0 Å². The van der Waals surface area contributed by atoms with Crippen LogP contribution in [0.3, 0.4) is 0 Å². The van der Waals surface area contributed by atoms with Crippen molar-refractivity contribution in [3.05, 3.63) is 29.3 Å². The molecular formula is C15H24N2O2. The fraction of sp³-hybridized carbons (Fsp3) is 0.600. The molecule has 0 bridgehead atoms. The lowest BCUT2D eigenvalue weighted by Gasteiger charge is -2.27. The van der Waals surface area contributed by atoms with Gasteiger partial charge in [-0.1, -0.05) is 12.1 Å². The van der Waals surface area contributed by atoms with Crippen LogP contribution in [0.5, 0.6) is 5.75 Å². The van der Waals surface area contributed by atoms with Gasteiger partial charge in [0.15, 0.2) is 0 Å². The summed E-state index contributed by atoms with van der Waals surface area (Å²) in [5.41, 5.74) is 8.42. The number of hydrogen-bond donors (Lipinski definition) is 1. The molecule has 1 aromatic rings. The van der Waals surface area contributed by atoms with E-state index < -0.39 is 0 Å². The maximum atomic E-state index is 5.90. The molecule has 1 aromatic carbocycles. The maximum absolute atomic E-state index is 5.90. The predicted octanol–water partition coefficient (Wildman–Crippen LogP) is 1.42. The summed E-state index contributed by atoms with van der Waals surface area (Å²) < 4.78 is 10.8. The number of benzene rings is 1. The molecule has 2 rings (SSSR count). The smallest absolute Gasteiger partial charge is 0.122 e. The molecule has 1 aliphatic rings. The molecule has 0 saturated carbocycles. The van der Waals surface area contributed by atoms with Crippen molar-refractivity contribution in [1.29, 1.82) is 0 Å². The van der Waals surface area contributed by atoms with Gasteiger partial charge >= 0.3 is 0 Å². The van der Waals surface area contributed by atoms with Gasteiger partial charge in [-0.15, -0.1) is 0 Å². The van der Waals surface area contributed by atoms with Crippen LogP contribution in [0, 0.1) is 0 Å². The number of hydrogen-bond acceptors (Lipinski definition) is 4. The zero-order valence-corrected chi connectivity index (χ0v) is 11.9. The third-order valence-electron chi connectivity index (χ3n) is 3.40. The molecule has 4 heteroatoms. The first-order valence-corrected chi connectivity index (χ1v) is 6.90. The number of rotatable bonds is 5. The summed E-state index contributed by atoms with van der Waals surface area (Å²) in [6, 6.07) is 6.55. The number of nitrogens with two attached hydrogens (primary N) is 1. The first kappa shape index (κ1) is 14.3. The molecule has 1 unspecified atom stereocenters. The Hall–Kier alpha value is -1.10. The van der Waals surface area contributed by atoms with Crippen molar-refractivity contribution in [1.82, 2.24) is 4.90 Å². The van der Waals surface area contributed by atoms with Gasteiger partial charge in [0.05, 0.1) is 20.3 Å². The molecular weight excluding hydrogens is 240 g/mol. The van der Waals surface area contributed by atoms with E-state index in [1.54, 1.807) is 7.11 Å². The second-order valence-corrected chi connectivity index (χ2v) is 5.22. The summed E-state index contributed by atoms with van der Waals surface area (Å²) in [4.78, 5) is 2.42. The van der Waals surface area contributed by atoms with Crippen molar-refractivity contribution in [3.8, 4) is 5.75 Å². The molecule has 0 spiro atoms. The van der Waals surface area contributed by atoms with Crippen molar-refractivity contribution in [2.24, 2.45) is 5.73 Å². The molecule has 1 fully saturated rings. The highest BCUT2D eigenvalue weighted by Crippen LogP contribution is 2.22. The monoisotopic (exact) mass is 264 g/mol. The summed E-state index contributed by atoms with van der Waals surface area (Å²) in [5.74, 6) is 0.933. The van der Waals surface area contributed by atoms with Crippen LogP contribution in [0.1, 0.15) is 18.1 Å². The maximum Gasteiger partial charge on any atom is 0.122 e. The Bertz CT molecular complexity index is 401. The summed E-state index contributed by atoms with van der Waals surface area (Å²) in [6.07, 6.45) is 0.847. The van der Waals surface area contributed by atoms with Crippen LogP contribution in [0.2, 0.25) is 0 Å². The van der Waals surface area contributed by atoms with Gasteiger partial charge in [-0.3, -0.25) is 4.90 Å². The molecule has 0 amide bonds. The van der Waals surface area contributed by atoms with E-state index in [9.17, 15) is 0 Å². The van der Waals surface area contributed by atoms with Crippen LogP contribution in [-0.4, -0.2) is 44.4 Å². The van der Waals surface area contributed by atoms with E-state index in [2.05, 4.69) is 17.0 Å². The molecule has 1 saturated heterocycles. The minimum absolute atomic E-state index is 0.146. The highest BCUT2D eigenvalue weighted by molar-refractivity contribution is 5.37. The first-order chi connectivity index (χ1) is 9.19. The Balaban J connectivity index is 2.07. The molecule has 1 atom stereocenters. The Kier molecular flexibility index (Phi) is 5.19. The zero-order valence-electron chi connectivity index (χ0n) is 11.9. The molecule has 4 nitrogen and oxygen atoms in total. The van der Waals surface area contributed by atoms with Crippen LogP contribution >= 0.6 is 0 Å². The highest BCUT2D eigenvalue weighted by Gasteiger charge is 2.12. The number of nitrogens with zero attached hydrogens (tertiary/aromatic N) is 1. The second-order valence-electron chi connectivity index (χ2n) is 5.22. The van der Waals surface area contributed by atoms with Crippen molar-refractivity contribution in [3.63, 3.8) is 0 Å². The summed E-state index contributed by atoms with van der Waals surface area (Å²) in [6.45, 7) is 6.68. The van der Waals surface area contributed by atoms with Crippen molar-refractivity contribution < 1.29 is 9.47 Å². The van der Waals surface area contributed by atoms with Crippen molar-refractivity contribution >= 4 is 0 Å². The van der Waals surface area contributed by atoms with Crippen LogP contribution in [-0.2, 0) is 17.7 Å². The van der Waals surface area contributed by atoms with Gasteiger partial charge in [0, 0.05) is 25.7 Å². The van der Waals surface area contributed by atoms with Crippen LogP contribution in [0.25, 0.3) is 0 Å². The molecule has 1 aliphatic heterocycles. The largest absolute Gasteiger partial charge is 0.496 e. The van der Waals surface area contributed by atoms with Crippen molar-refractivity contribution in [2.75, 3.05) is 33.4 Å². The topological polar surface area (TPSA) is 47.7 Å². The Morgan fingerprint density at radius 2 is 2.11 bits per heavy atom. The van der Waals surface area contributed by atoms with Gasteiger partial charge in [0.25, 0.3) is 0 Å². The minimum Gasteiger partial charge on any atom is -0.496 e. The third kappa shape index (κ3) is 4.20. The van der Waals surface area contributed by atoms with Crippen LogP contribution in [0.15, 0.2) is 18.2 Å². The van der Waals surface area contributed by atoms with Gasteiger partial charge in [-0.25, -0.2) is 0 Å². The fourth-order valence-corrected chi connectivity index (χ4v) is 2.45. The van der Waals surface area contributed by atoms with Gasteiger partial charge in [-0.2, -0.15) is 0 Å². The Morgan fingerprint density at radius 3 is 2.74 bits per heavy atom. The van der Waals surface area contributed by atoms with Crippen molar-refractivity contribution in [2.45, 2.75) is 25.9 Å². The lowest BCUT2D eigenvalue weighted by atomic mass is 10.0. The summed E-state index contributed by atoms with van der Waals surface area (Å²) in [7, 11) is 1.71. The number of ether oxygens (including phenoxy) is 2. The molecule has 1 heterocycles. The lowest BCUT2D eigenvalue weighted by Crippen LogP contribution is -2.35. The standard InChI is InChI=1S/C15H24N2O2/c1-12(16)9-14-10-13(3-4-15(14)18-2)11-17-5-7-19-8-6-17/h3-4,10,12H,5-9,11,16H2,1-2H3. The molecule has 19 heavy (non-hydrogen) atoms. The van der Waals surface area contributed by atoms with E-state index in [1.165, 1.54) is 11.1 Å².